The van der Waals surface area contributed by atoms with Crippen molar-refractivity contribution in [2.75, 3.05) is 39.2 Å². The first-order chi connectivity index (χ1) is 14.6. The Balaban J connectivity index is 1.95. The van der Waals surface area contributed by atoms with Gasteiger partial charge in [0.15, 0.2) is 17.5 Å². The molecule has 162 valence electrons. The van der Waals surface area contributed by atoms with Gasteiger partial charge >= 0.3 is 0 Å². The van der Waals surface area contributed by atoms with E-state index >= 15 is 0 Å². The molecule has 0 aliphatic carbocycles. The predicted molar refractivity (Wildman–Crippen MR) is 119 cm³/mol. The van der Waals surface area contributed by atoms with Crippen LogP contribution in [0.15, 0.2) is 47.5 Å². The minimum absolute atomic E-state index is 0.0000398. The molecule has 0 aromatic heterocycles. The summed E-state index contributed by atoms with van der Waals surface area (Å²) in [7, 11) is 3.22. The molecule has 3 N–H and O–H groups in total. The van der Waals surface area contributed by atoms with Gasteiger partial charge in [0.2, 0.25) is 5.91 Å². The maximum Gasteiger partial charge on any atom is 0.242 e. The van der Waals surface area contributed by atoms with Crippen molar-refractivity contribution in [3.8, 4) is 17.2 Å². The van der Waals surface area contributed by atoms with E-state index < -0.39 is 0 Å². The van der Waals surface area contributed by atoms with Gasteiger partial charge in [0.25, 0.3) is 0 Å². The number of nitrogens with one attached hydrogen (secondary N) is 3. The van der Waals surface area contributed by atoms with E-state index in [1.807, 2.05) is 56.3 Å². The molecule has 0 aliphatic rings. The molecule has 0 atom stereocenters. The molecule has 0 fully saturated rings. The van der Waals surface area contributed by atoms with Crippen LogP contribution in [0.1, 0.15) is 19.4 Å². The van der Waals surface area contributed by atoms with Crippen LogP contribution in [0.4, 0.5) is 5.69 Å². The van der Waals surface area contributed by atoms with Crippen molar-refractivity contribution in [1.82, 2.24) is 10.6 Å². The van der Waals surface area contributed by atoms with Crippen molar-refractivity contribution in [1.29, 1.82) is 0 Å². The number of benzene rings is 2. The molecule has 2 aromatic rings. The molecule has 0 heterocycles. The summed E-state index contributed by atoms with van der Waals surface area (Å²) in [6.07, 6.45) is 0. The molecule has 0 saturated heterocycles. The third-order valence-electron chi connectivity index (χ3n) is 4.10. The number of aliphatic imine (C=N–C) groups is 1. The second-order valence-electron chi connectivity index (χ2n) is 6.24. The fourth-order valence-corrected chi connectivity index (χ4v) is 2.62. The zero-order valence-corrected chi connectivity index (χ0v) is 18.0. The van der Waals surface area contributed by atoms with Crippen LogP contribution in [0.3, 0.4) is 0 Å². The van der Waals surface area contributed by atoms with E-state index in [1.54, 1.807) is 14.2 Å². The van der Waals surface area contributed by atoms with Gasteiger partial charge in [0.1, 0.15) is 12.3 Å². The van der Waals surface area contributed by atoms with Crippen LogP contribution in [0, 0.1) is 0 Å². The number of amides is 1. The molecule has 1 amide bonds. The summed E-state index contributed by atoms with van der Waals surface area (Å²) in [6.45, 7) is 5.49. The summed E-state index contributed by atoms with van der Waals surface area (Å²) in [5.41, 5.74) is 1.76. The molecule has 0 radical (unpaired) electrons. The lowest BCUT2D eigenvalue weighted by molar-refractivity contribution is -0.119. The van der Waals surface area contributed by atoms with Gasteiger partial charge in [-0.1, -0.05) is 12.1 Å². The Kier molecular flexibility index (Phi) is 9.30. The van der Waals surface area contributed by atoms with Crippen LogP contribution in [0.5, 0.6) is 17.2 Å². The summed E-state index contributed by atoms with van der Waals surface area (Å²) < 4.78 is 16.0. The van der Waals surface area contributed by atoms with Crippen molar-refractivity contribution in [2.45, 2.75) is 20.4 Å². The lowest BCUT2D eigenvalue weighted by atomic mass is 10.2. The van der Waals surface area contributed by atoms with E-state index in [4.69, 9.17) is 14.2 Å². The van der Waals surface area contributed by atoms with Crippen LogP contribution in [-0.2, 0) is 11.3 Å². The molecule has 30 heavy (non-hydrogen) atoms. The van der Waals surface area contributed by atoms with E-state index in [2.05, 4.69) is 20.9 Å². The second kappa shape index (κ2) is 12.2. The minimum atomic E-state index is -0.173. The number of nitrogens with zero attached hydrogens (tertiary/aromatic N) is 1. The molecule has 0 spiro atoms. The largest absolute Gasteiger partial charge is 0.497 e. The highest BCUT2D eigenvalue weighted by molar-refractivity contribution is 5.95. The highest BCUT2D eigenvalue weighted by Gasteiger charge is 2.08. The highest BCUT2D eigenvalue weighted by Crippen LogP contribution is 2.30. The predicted octanol–water partition coefficient (Wildman–Crippen LogP) is 2.80. The summed E-state index contributed by atoms with van der Waals surface area (Å²) in [5.74, 6) is 2.40. The first-order valence-corrected chi connectivity index (χ1v) is 9.85. The number of carbonyl (C=O) groups excluding carboxylic acids is 1. The average molecular weight is 415 g/mol. The first kappa shape index (κ1) is 22.9. The molecule has 8 heteroatoms. The fourth-order valence-electron chi connectivity index (χ4n) is 2.62. The minimum Gasteiger partial charge on any atom is -0.497 e. The highest BCUT2D eigenvalue weighted by atomic mass is 16.5. The van der Waals surface area contributed by atoms with E-state index in [1.165, 1.54) is 0 Å². The Morgan fingerprint density at radius 1 is 0.967 bits per heavy atom. The SMILES string of the molecule is CCNC(=NCC(=O)NCc1ccc(OC)cc1)Nc1ccc(OC)c(OCC)c1. The summed E-state index contributed by atoms with van der Waals surface area (Å²) in [5, 5.41) is 9.17. The fraction of sp³-hybridized carbons (Fsp3) is 0.364. The standard InChI is InChI=1S/C22H30N4O4/c1-5-23-22(26-17-9-12-19(29-4)20(13-17)30-6-2)25-15-21(27)24-14-16-7-10-18(28-3)11-8-16/h7-13H,5-6,14-15H2,1-4H3,(H,24,27)(H2,23,25,26). The zero-order valence-electron chi connectivity index (χ0n) is 18.0. The second-order valence-corrected chi connectivity index (χ2v) is 6.24. The van der Waals surface area contributed by atoms with Gasteiger partial charge in [-0.25, -0.2) is 4.99 Å². The van der Waals surface area contributed by atoms with Gasteiger partial charge in [-0.15, -0.1) is 0 Å². The van der Waals surface area contributed by atoms with E-state index in [0.29, 0.717) is 37.2 Å². The van der Waals surface area contributed by atoms with Gasteiger partial charge < -0.3 is 30.2 Å². The third-order valence-corrected chi connectivity index (χ3v) is 4.10. The molecule has 0 unspecified atom stereocenters. The van der Waals surface area contributed by atoms with Gasteiger partial charge in [0, 0.05) is 24.8 Å². The van der Waals surface area contributed by atoms with Crippen molar-refractivity contribution < 1.29 is 19.0 Å². The molecule has 0 bridgehead atoms. The Morgan fingerprint density at radius 3 is 2.37 bits per heavy atom. The zero-order chi connectivity index (χ0) is 21.8. The number of hydrogen-bond acceptors (Lipinski definition) is 5. The monoisotopic (exact) mass is 414 g/mol. The summed E-state index contributed by atoms with van der Waals surface area (Å²) in [6, 6.07) is 13.0. The van der Waals surface area contributed by atoms with Crippen molar-refractivity contribution in [2.24, 2.45) is 4.99 Å². The smallest absolute Gasteiger partial charge is 0.242 e. The maximum atomic E-state index is 12.2. The molecule has 2 aromatic carbocycles. The van der Waals surface area contributed by atoms with Crippen LogP contribution < -0.4 is 30.2 Å². The summed E-state index contributed by atoms with van der Waals surface area (Å²) in [4.78, 5) is 16.5. The Morgan fingerprint density at radius 2 is 1.73 bits per heavy atom. The number of anilines is 1. The molecule has 0 saturated carbocycles. The number of hydrogen-bond donors (Lipinski definition) is 3. The molecule has 0 aliphatic heterocycles. The lowest BCUT2D eigenvalue weighted by Gasteiger charge is -2.14. The number of guanidine groups is 1. The molecular weight excluding hydrogens is 384 g/mol. The van der Waals surface area contributed by atoms with Crippen molar-refractivity contribution >= 4 is 17.6 Å². The van der Waals surface area contributed by atoms with E-state index in [9.17, 15) is 4.79 Å². The molecule has 8 nitrogen and oxygen atoms in total. The van der Waals surface area contributed by atoms with Gasteiger partial charge in [-0.05, 0) is 43.7 Å². The van der Waals surface area contributed by atoms with Crippen LogP contribution in [0.25, 0.3) is 0 Å². The topological polar surface area (TPSA) is 93.2 Å². The van der Waals surface area contributed by atoms with Crippen LogP contribution >= 0.6 is 0 Å². The summed E-state index contributed by atoms with van der Waals surface area (Å²) >= 11 is 0. The molecule has 2 rings (SSSR count). The van der Waals surface area contributed by atoms with Gasteiger partial charge in [-0.2, -0.15) is 0 Å². The van der Waals surface area contributed by atoms with Crippen LogP contribution in [0.2, 0.25) is 0 Å². The first-order valence-electron chi connectivity index (χ1n) is 9.85. The Bertz CT molecular complexity index is 838. The lowest BCUT2D eigenvalue weighted by Crippen LogP contribution is -2.33. The van der Waals surface area contributed by atoms with E-state index in [0.717, 1.165) is 17.0 Å². The van der Waals surface area contributed by atoms with Crippen molar-refractivity contribution in [3.05, 3.63) is 48.0 Å². The normalized spacial score (nSPS) is 10.9. The maximum absolute atomic E-state index is 12.2. The number of carbonyl (C=O) groups is 1. The van der Waals surface area contributed by atoms with E-state index in [-0.39, 0.29) is 12.5 Å². The van der Waals surface area contributed by atoms with Crippen LogP contribution in [-0.4, -0.2) is 45.8 Å². The number of methoxy groups -OCH3 is 2. The average Bonchev–Trinajstić information content (AvgIpc) is 2.77. The third kappa shape index (κ3) is 7.20. The quantitative estimate of drug-likeness (QED) is 0.409. The van der Waals surface area contributed by atoms with Gasteiger partial charge in [0.05, 0.1) is 20.8 Å². The molecular formula is C22H30N4O4. The number of ether oxygens (including phenoxy) is 3. The van der Waals surface area contributed by atoms with Gasteiger partial charge in [-0.3, -0.25) is 4.79 Å². The Labute approximate surface area is 177 Å². The Hall–Kier alpha value is -3.42. The number of rotatable bonds is 10. The van der Waals surface area contributed by atoms with Crippen molar-refractivity contribution in [3.63, 3.8) is 0 Å².